The molecular formula is C13H25O4PSi2. The molecule has 0 aromatic carbocycles. The summed E-state index contributed by atoms with van der Waals surface area (Å²) < 4.78 is 9.69. The van der Waals surface area contributed by atoms with Gasteiger partial charge in [0.25, 0.3) is 0 Å². The molecule has 0 unspecified atom stereocenters. The van der Waals surface area contributed by atoms with Crippen LogP contribution >= 0.6 is 7.92 Å². The second kappa shape index (κ2) is 5.74. The van der Waals surface area contributed by atoms with Crippen molar-refractivity contribution in [2.24, 2.45) is 0 Å². The fourth-order valence-electron chi connectivity index (χ4n) is 3.09. The van der Waals surface area contributed by atoms with Crippen molar-refractivity contribution in [2.75, 3.05) is 14.2 Å². The Morgan fingerprint density at radius 1 is 0.850 bits per heavy atom. The quantitative estimate of drug-likeness (QED) is 0.441. The minimum Gasteiger partial charge on any atom is -0.465 e. The molecule has 0 aromatic rings. The van der Waals surface area contributed by atoms with Crippen molar-refractivity contribution in [1.82, 2.24) is 0 Å². The third-order valence-corrected chi connectivity index (χ3v) is 20.1. The van der Waals surface area contributed by atoms with Gasteiger partial charge in [-0.3, -0.25) is 0 Å². The number of rotatable bonds is 5. The third kappa shape index (κ3) is 3.41. The monoisotopic (exact) mass is 332 g/mol. The van der Waals surface area contributed by atoms with E-state index in [2.05, 4.69) is 39.3 Å². The average molecular weight is 332 g/mol. The summed E-state index contributed by atoms with van der Waals surface area (Å²) in [6, 6.07) is 0. The first-order valence-corrected chi connectivity index (χ1v) is 15.2. The van der Waals surface area contributed by atoms with Gasteiger partial charge in [0, 0.05) is 16.1 Å². The van der Waals surface area contributed by atoms with Crippen LogP contribution in [0.25, 0.3) is 0 Å². The number of esters is 2. The maximum absolute atomic E-state index is 11.9. The number of hydrogen-bond acceptors (Lipinski definition) is 4. The first-order valence-electron chi connectivity index (χ1n) is 6.67. The van der Waals surface area contributed by atoms with Crippen LogP contribution in [0.5, 0.6) is 0 Å². The second-order valence-corrected chi connectivity index (χ2v) is 21.5. The molecule has 0 saturated carbocycles. The third-order valence-electron chi connectivity index (χ3n) is 3.31. The smallest absolute Gasteiger partial charge is 0.339 e. The van der Waals surface area contributed by atoms with Crippen molar-refractivity contribution in [2.45, 2.75) is 44.2 Å². The number of ether oxygens (including phenoxy) is 2. The highest BCUT2D eigenvalue weighted by atomic mass is 31.1. The summed E-state index contributed by atoms with van der Waals surface area (Å²) in [6.45, 7) is 13.9. The Balaban J connectivity index is 3.19. The lowest BCUT2D eigenvalue weighted by Gasteiger charge is -2.39. The van der Waals surface area contributed by atoms with Gasteiger partial charge >= 0.3 is 11.9 Å². The summed E-state index contributed by atoms with van der Waals surface area (Å²) in [5, 5.41) is 1.23. The molecule has 0 bridgehead atoms. The minimum atomic E-state index is -1.49. The zero-order chi connectivity index (χ0) is 15.9. The topological polar surface area (TPSA) is 52.6 Å². The van der Waals surface area contributed by atoms with Crippen molar-refractivity contribution in [3.8, 4) is 0 Å². The van der Waals surface area contributed by atoms with Gasteiger partial charge in [0.15, 0.2) is 0 Å². The van der Waals surface area contributed by atoms with Gasteiger partial charge in [0.05, 0.1) is 24.8 Å². The van der Waals surface area contributed by atoms with E-state index in [4.69, 9.17) is 9.47 Å². The van der Waals surface area contributed by atoms with Crippen LogP contribution < -0.4 is 0 Å². The fraction of sp³-hybridized carbons (Fsp3) is 0.692. The fourth-order valence-corrected chi connectivity index (χ4v) is 23.0. The molecule has 0 spiro atoms. The van der Waals surface area contributed by atoms with Crippen LogP contribution in [0.15, 0.2) is 10.6 Å². The van der Waals surface area contributed by atoms with Gasteiger partial charge in [-0.1, -0.05) is 39.3 Å². The summed E-state index contributed by atoms with van der Waals surface area (Å²) in [5.74, 6) is -0.698. The molecule has 0 N–H and O–H groups in total. The molecule has 1 rings (SSSR count). The van der Waals surface area contributed by atoms with Crippen molar-refractivity contribution in [3.05, 3.63) is 10.6 Å². The van der Waals surface area contributed by atoms with E-state index in [0.29, 0.717) is 15.5 Å². The zero-order valence-electron chi connectivity index (χ0n) is 13.7. The molecule has 0 fully saturated rings. The molecule has 0 radical (unpaired) electrons. The van der Waals surface area contributed by atoms with Crippen LogP contribution in [0.3, 0.4) is 0 Å². The van der Waals surface area contributed by atoms with Crippen LogP contribution in [0, 0.1) is 0 Å². The van der Waals surface area contributed by atoms with E-state index < -0.39 is 24.1 Å². The molecular weight excluding hydrogens is 307 g/mol. The maximum atomic E-state index is 11.9. The molecule has 0 aromatic heterocycles. The van der Waals surface area contributed by atoms with E-state index in [1.807, 2.05) is 0 Å². The summed E-state index contributed by atoms with van der Waals surface area (Å²) >= 11 is 0. The van der Waals surface area contributed by atoms with Crippen LogP contribution in [0.1, 0.15) is 0 Å². The molecule has 1 aliphatic heterocycles. The van der Waals surface area contributed by atoms with E-state index in [0.717, 1.165) is 0 Å². The standard InChI is InChI=1S/C13H25O4PSi2/c1-16-11(14)9-10(12(15)17-2)18(9)13(19(3,4)5)20(6,7)8/h13H,1-8H3. The van der Waals surface area contributed by atoms with Gasteiger partial charge in [-0.15, -0.1) is 0 Å². The maximum Gasteiger partial charge on any atom is 0.339 e. The summed E-state index contributed by atoms with van der Waals surface area (Å²) in [7, 11) is -1.04. The Kier molecular flexibility index (Phi) is 5.05. The largest absolute Gasteiger partial charge is 0.465 e. The van der Waals surface area contributed by atoms with E-state index in [1.165, 1.54) is 14.2 Å². The highest BCUT2D eigenvalue weighted by Crippen LogP contribution is 2.75. The number of methoxy groups -OCH3 is 2. The van der Waals surface area contributed by atoms with E-state index in [1.54, 1.807) is 0 Å². The molecule has 0 saturated heterocycles. The van der Waals surface area contributed by atoms with Gasteiger partial charge in [-0.05, 0) is 12.8 Å². The van der Waals surface area contributed by atoms with E-state index in [-0.39, 0.29) is 11.9 Å². The number of carbonyl (C=O) groups excluding carboxylic acids is 2. The highest BCUT2D eigenvalue weighted by Gasteiger charge is 2.57. The first kappa shape index (κ1) is 17.6. The lowest BCUT2D eigenvalue weighted by Crippen LogP contribution is -2.51. The van der Waals surface area contributed by atoms with E-state index >= 15 is 0 Å². The zero-order valence-corrected chi connectivity index (χ0v) is 16.6. The number of hydrogen-bond donors (Lipinski definition) is 0. The normalized spacial score (nSPS) is 16.4. The lowest BCUT2D eigenvalue weighted by atomic mass is 10.5. The van der Waals surface area contributed by atoms with Crippen molar-refractivity contribution < 1.29 is 19.1 Å². The Bertz CT molecular complexity index is 420. The molecule has 114 valence electrons. The summed E-state index contributed by atoms with van der Waals surface area (Å²) in [5.41, 5.74) is 0. The van der Waals surface area contributed by atoms with E-state index in [9.17, 15) is 9.59 Å². The average Bonchev–Trinajstić information content (AvgIpc) is 2.97. The molecule has 1 aliphatic rings. The van der Waals surface area contributed by atoms with Crippen LogP contribution in [0.2, 0.25) is 39.3 Å². The minimum absolute atomic E-state index is 0.349. The first-order chi connectivity index (χ1) is 8.96. The predicted molar refractivity (Wildman–Crippen MR) is 88.5 cm³/mol. The Morgan fingerprint density at radius 2 is 1.15 bits per heavy atom. The predicted octanol–water partition coefficient (Wildman–Crippen LogP) is 3.16. The second-order valence-electron chi connectivity index (χ2n) is 7.18. The molecule has 0 aliphatic carbocycles. The van der Waals surface area contributed by atoms with Crippen molar-refractivity contribution in [1.29, 1.82) is 0 Å². The van der Waals surface area contributed by atoms with Crippen molar-refractivity contribution in [3.63, 3.8) is 0 Å². The molecule has 0 atom stereocenters. The molecule has 20 heavy (non-hydrogen) atoms. The Labute approximate surface area is 124 Å². The highest BCUT2D eigenvalue weighted by molar-refractivity contribution is 7.82. The van der Waals surface area contributed by atoms with Gasteiger partial charge in [-0.2, -0.15) is 0 Å². The molecule has 1 heterocycles. The summed E-state index contributed by atoms with van der Waals surface area (Å²) in [4.78, 5) is 24.4. The number of carbonyl (C=O) groups is 2. The summed E-state index contributed by atoms with van der Waals surface area (Å²) in [6.07, 6.45) is 0. The van der Waals surface area contributed by atoms with Gasteiger partial charge in [0.2, 0.25) is 0 Å². The molecule has 7 heteroatoms. The van der Waals surface area contributed by atoms with Gasteiger partial charge in [0.1, 0.15) is 0 Å². The van der Waals surface area contributed by atoms with Crippen LogP contribution in [-0.4, -0.2) is 47.2 Å². The van der Waals surface area contributed by atoms with Gasteiger partial charge in [-0.25, -0.2) is 9.59 Å². The molecule has 4 nitrogen and oxygen atoms in total. The SMILES string of the molecule is COC(=O)C1=C(C(=O)OC)P1C([Si](C)(C)C)[Si](C)(C)C. The Hall–Kier alpha value is -0.456. The van der Waals surface area contributed by atoms with Crippen LogP contribution in [0.4, 0.5) is 0 Å². The van der Waals surface area contributed by atoms with Crippen LogP contribution in [-0.2, 0) is 19.1 Å². The lowest BCUT2D eigenvalue weighted by molar-refractivity contribution is -0.137. The molecule has 0 amide bonds. The van der Waals surface area contributed by atoms with Crippen molar-refractivity contribution >= 4 is 36.0 Å². The van der Waals surface area contributed by atoms with Gasteiger partial charge < -0.3 is 9.47 Å². The Morgan fingerprint density at radius 3 is 1.35 bits per heavy atom.